The fourth-order valence-electron chi connectivity index (χ4n) is 2.41. The predicted octanol–water partition coefficient (Wildman–Crippen LogP) is 4.72. The largest absolute Gasteiger partial charge is 0.369 e. The first-order chi connectivity index (χ1) is 9.08. The molecule has 1 aliphatic carbocycles. The standard InChI is InChI=1S/C18H25N/c1-14(2)19(16(4)18-10-11-18)13-15(3)12-17-8-6-5-7-9-17/h5-9,12,14,18H,4,10-11,13H2,1-3H3/b15-12-. The van der Waals surface area contributed by atoms with Crippen LogP contribution in [0.5, 0.6) is 0 Å². The summed E-state index contributed by atoms with van der Waals surface area (Å²) < 4.78 is 0. The van der Waals surface area contributed by atoms with E-state index >= 15 is 0 Å². The van der Waals surface area contributed by atoms with Gasteiger partial charge in [0.1, 0.15) is 0 Å². The van der Waals surface area contributed by atoms with Crippen molar-refractivity contribution in [1.29, 1.82) is 0 Å². The summed E-state index contributed by atoms with van der Waals surface area (Å²) in [5.41, 5.74) is 4.00. The lowest BCUT2D eigenvalue weighted by molar-refractivity contribution is 0.293. The molecule has 0 aliphatic heterocycles. The van der Waals surface area contributed by atoms with Gasteiger partial charge in [-0.25, -0.2) is 0 Å². The minimum Gasteiger partial charge on any atom is -0.369 e. The zero-order valence-electron chi connectivity index (χ0n) is 12.4. The van der Waals surface area contributed by atoms with Crippen LogP contribution in [-0.4, -0.2) is 17.5 Å². The normalized spacial score (nSPS) is 15.7. The van der Waals surface area contributed by atoms with Crippen LogP contribution < -0.4 is 0 Å². The van der Waals surface area contributed by atoms with Crippen molar-refractivity contribution >= 4 is 6.08 Å². The molecule has 1 heteroatoms. The zero-order chi connectivity index (χ0) is 13.8. The predicted molar refractivity (Wildman–Crippen MR) is 83.8 cm³/mol. The quantitative estimate of drug-likeness (QED) is 0.710. The molecule has 1 nitrogen and oxygen atoms in total. The molecular formula is C18H25N. The van der Waals surface area contributed by atoms with Gasteiger partial charge in [0.05, 0.1) is 0 Å². The first-order valence-electron chi connectivity index (χ1n) is 7.25. The van der Waals surface area contributed by atoms with Crippen LogP contribution in [0, 0.1) is 5.92 Å². The third-order valence-corrected chi connectivity index (χ3v) is 3.67. The Morgan fingerprint density at radius 3 is 2.47 bits per heavy atom. The second kappa shape index (κ2) is 6.10. The summed E-state index contributed by atoms with van der Waals surface area (Å²) in [7, 11) is 0. The molecule has 0 saturated heterocycles. The molecule has 0 heterocycles. The Bertz CT molecular complexity index is 452. The molecule has 2 rings (SSSR count). The summed E-state index contributed by atoms with van der Waals surface area (Å²) in [6.45, 7) is 12.0. The molecular weight excluding hydrogens is 230 g/mol. The summed E-state index contributed by atoms with van der Waals surface area (Å²) in [5.74, 6) is 0.743. The van der Waals surface area contributed by atoms with Crippen LogP contribution in [0.2, 0.25) is 0 Å². The number of hydrogen-bond acceptors (Lipinski definition) is 1. The van der Waals surface area contributed by atoms with E-state index in [1.54, 1.807) is 0 Å². The monoisotopic (exact) mass is 255 g/mol. The fourth-order valence-corrected chi connectivity index (χ4v) is 2.41. The summed E-state index contributed by atoms with van der Waals surface area (Å²) in [4.78, 5) is 2.45. The van der Waals surface area contributed by atoms with Crippen LogP contribution >= 0.6 is 0 Å². The van der Waals surface area contributed by atoms with E-state index in [1.165, 1.54) is 29.7 Å². The van der Waals surface area contributed by atoms with Gasteiger partial charge in [-0.05, 0) is 45.1 Å². The average Bonchev–Trinajstić information content (AvgIpc) is 3.20. The number of nitrogens with zero attached hydrogens (tertiary/aromatic N) is 1. The minimum absolute atomic E-state index is 0.521. The lowest BCUT2D eigenvalue weighted by Crippen LogP contribution is -2.32. The lowest BCUT2D eigenvalue weighted by Gasteiger charge is -2.31. The minimum atomic E-state index is 0.521. The van der Waals surface area contributed by atoms with Crippen molar-refractivity contribution in [2.24, 2.45) is 5.92 Å². The SMILES string of the molecule is C=C(C1CC1)N(C/C(C)=C\c1ccccc1)C(C)C. The maximum Gasteiger partial charge on any atom is 0.0389 e. The van der Waals surface area contributed by atoms with Gasteiger partial charge in [0.2, 0.25) is 0 Å². The average molecular weight is 255 g/mol. The van der Waals surface area contributed by atoms with Crippen LogP contribution in [-0.2, 0) is 0 Å². The number of allylic oxidation sites excluding steroid dienone is 1. The van der Waals surface area contributed by atoms with Gasteiger partial charge in [0.25, 0.3) is 0 Å². The molecule has 0 amide bonds. The third kappa shape index (κ3) is 3.99. The Hall–Kier alpha value is -1.50. The van der Waals surface area contributed by atoms with Gasteiger partial charge >= 0.3 is 0 Å². The Morgan fingerprint density at radius 2 is 1.95 bits per heavy atom. The van der Waals surface area contributed by atoms with Gasteiger partial charge in [0, 0.05) is 18.3 Å². The van der Waals surface area contributed by atoms with Crippen molar-refractivity contribution < 1.29 is 0 Å². The molecule has 0 N–H and O–H groups in total. The van der Waals surface area contributed by atoms with E-state index < -0.39 is 0 Å². The molecule has 1 aliphatic rings. The molecule has 1 aromatic rings. The molecule has 102 valence electrons. The second-order valence-corrected chi connectivity index (χ2v) is 5.89. The lowest BCUT2D eigenvalue weighted by atomic mass is 10.1. The van der Waals surface area contributed by atoms with Crippen molar-refractivity contribution in [1.82, 2.24) is 4.90 Å². The molecule has 0 aromatic heterocycles. The molecule has 1 aromatic carbocycles. The van der Waals surface area contributed by atoms with Gasteiger partial charge in [-0.2, -0.15) is 0 Å². The third-order valence-electron chi connectivity index (χ3n) is 3.67. The Morgan fingerprint density at radius 1 is 1.32 bits per heavy atom. The van der Waals surface area contributed by atoms with Gasteiger partial charge in [-0.1, -0.05) is 48.6 Å². The second-order valence-electron chi connectivity index (χ2n) is 5.89. The molecule has 0 atom stereocenters. The molecule has 1 fully saturated rings. The van der Waals surface area contributed by atoms with E-state index in [0.717, 1.165) is 12.5 Å². The van der Waals surface area contributed by atoms with Crippen molar-refractivity contribution in [3.05, 3.63) is 53.7 Å². The van der Waals surface area contributed by atoms with Gasteiger partial charge < -0.3 is 4.90 Å². The Labute approximate surface area is 117 Å². The van der Waals surface area contributed by atoms with E-state index in [2.05, 4.69) is 68.7 Å². The number of hydrogen-bond donors (Lipinski definition) is 0. The highest BCUT2D eigenvalue weighted by Gasteiger charge is 2.29. The van der Waals surface area contributed by atoms with Crippen molar-refractivity contribution in [2.45, 2.75) is 39.7 Å². The van der Waals surface area contributed by atoms with Gasteiger partial charge in [-0.3, -0.25) is 0 Å². The van der Waals surface area contributed by atoms with Crippen LogP contribution in [0.15, 0.2) is 48.2 Å². The maximum atomic E-state index is 4.30. The molecule has 0 radical (unpaired) electrons. The van der Waals surface area contributed by atoms with Crippen molar-refractivity contribution in [2.75, 3.05) is 6.54 Å². The molecule has 0 bridgehead atoms. The first kappa shape index (κ1) is 13.9. The van der Waals surface area contributed by atoms with E-state index in [1.807, 2.05) is 0 Å². The molecule has 0 unspecified atom stereocenters. The summed E-state index contributed by atoms with van der Waals surface area (Å²) in [6.07, 6.45) is 4.92. The van der Waals surface area contributed by atoms with E-state index in [9.17, 15) is 0 Å². The summed E-state index contributed by atoms with van der Waals surface area (Å²) in [5, 5.41) is 0. The van der Waals surface area contributed by atoms with Crippen LogP contribution in [0.25, 0.3) is 6.08 Å². The van der Waals surface area contributed by atoms with Gasteiger partial charge in [-0.15, -0.1) is 0 Å². The molecule has 19 heavy (non-hydrogen) atoms. The van der Waals surface area contributed by atoms with Gasteiger partial charge in [0.15, 0.2) is 0 Å². The van der Waals surface area contributed by atoms with Crippen LogP contribution in [0.3, 0.4) is 0 Å². The molecule has 1 saturated carbocycles. The van der Waals surface area contributed by atoms with Crippen LogP contribution in [0.1, 0.15) is 39.2 Å². The van der Waals surface area contributed by atoms with E-state index in [4.69, 9.17) is 0 Å². The van der Waals surface area contributed by atoms with Crippen molar-refractivity contribution in [3.63, 3.8) is 0 Å². The summed E-state index contributed by atoms with van der Waals surface area (Å²) >= 11 is 0. The topological polar surface area (TPSA) is 3.24 Å². The fraction of sp³-hybridized carbons (Fsp3) is 0.444. The first-order valence-corrected chi connectivity index (χ1v) is 7.25. The van der Waals surface area contributed by atoms with Crippen LogP contribution in [0.4, 0.5) is 0 Å². The van der Waals surface area contributed by atoms with E-state index in [0.29, 0.717) is 6.04 Å². The highest BCUT2D eigenvalue weighted by Crippen LogP contribution is 2.38. The number of rotatable bonds is 6. The zero-order valence-corrected chi connectivity index (χ0v) is 12.4. The summed E-state index contributed by atoms with van der Waals surface area (Å²) in [6, 6.07) is 11.1. The highest BCUT2D eigenvalue weighted by molar-refractivity contribution is 5.52. The van der Waals surface area contributed by atoms with Crippen molar-refractivity contribution in [3.8, 4) is 0 Å². The number of benzene rings is 1. The smallest absolute Gasteiger partial charge is 0.0389 e. The van der Waals surface area contributed by atoms with E-state index in [-0.39, 0.29) is 0 Å². The maximum absolute atomic E-state index is 4.30. The molecule has 0 spiro atoms. The highest BCUT2D eigenvalue weighted by atomic mass is 15.2. The Kier molecular flexibility index (Phi) is 4.47. The Balaban J connectivity index is 2.04.